The summed E-state index contributed by atoms with van der Waals surface area (Å²) in [5.41, 5.74) is 1.16. The van der Waals surface area contributed by atoms with E-state index in [0.29, 0.717) is 26.1 Å². The van der Waals surface area contributed by atoms with Crippen LogP contribution in [-0.4, -0.2) is 41.2 Å². The summed E-state index contributed by atoms with van der Waals surface area (Å²) in [6, 6.07) is 10.1. The molecule has 0 aromatic heterocycles. The van der Waals surface area contributed by atoms with E-state index in [1.54, 1.807) is 6.92 Å². The molecule has 1 saturated heterocycles. The number of benzene rings is 1. The Hall–Kier alpha value is -1.38. The van der Waals surface area contributed by atoms with E-state index in [9.17, 15) is 10.2 Å². The van der Waals surface area contributed by atoms with Crippen LogP contribution in [0.4, 0.5) is 0 Å². The lowest BCUT2D eigenvalue weighted by Crippen LogP contribution is -2.48. The lowest BCUT2D eigenvalue weighted by Gasteiger charge is -2.36. The highest BCUT2D eigenvalue weighted by Gasteiger charge is 2.35. The van der Waals surface area contributed by atoms with E-state index in [1.165, 1.54) is 0 Å². The van der Waals surface area contributed by atoms with Gasteiger partial charge < -0.3 is 19.7 Å². The number of hydrogen-bond acceptors (Lipinski definition) is 4. The second-order valence-corrected chi connectivity index (χ2v) is 5.90. The molecule has 1 aliphatic heterocycles. The average molecular weight is 318 g/mol. The Balaban J connectivity index is 1.67. The summed E-state index contributed by atoms with van der Waals surface area (Å²) in [7, 11) is 0. The molecule has 23 heavy (non-hydrogen) atoms. The fraction of sp³-hybridized carbons (Fsp3) is 0.579. The molecule has 2 N–H and O–H groups in total. The van der Waals surface area contributed by atoms with Crippen LogP contribution in [0.5, 0.6) is 0 Å². The molecular weight excluding hydrogens is 292 g/mol. The van der Waals surface area contributed by atoms with Gasteiger partial charge in [0.1, 0.15) is 6.10 Å². The Morgan fingerprint density at radius 3 is 2.78 bits per heavy atom. The Morgan fingerprint density at radius 2 is 2.04 bits per heavy atom. The number of aliphatic hydroxyl groups is 2. The summed E-state index contributed by atoms with van der Waals surface area (Å²) < 4.78 is 11.5. The quantitative estimate of drug-likeness (QED) is 0.598. The average Bonchev–Trinajstić information content (AvgIpc) is 2.57. The van der Waals surface area contributed by atoms with Crippen molar-refractivity contribution in [3.05, 3.63) is 35.9 Å². The summed E-state index contributed by atoms with van der Waals surface area (Å²) in [5.74, 6) is 5.71. The molecule has 1 fully saturated rings. The van der Waals surface area contributed by atoms with E-state index in [2.05, 4.69) is 11.8 Å². The van der Waals surface area contributed by atoms with Crippen LogP contribution in [0.3, 0.4) is 0 Å². The van der Waals surface area contributed by atoms with Crippen molar-refractivity contribution in [3.63, 3.8) is 0 Å². The standard InChI is InChI=1S/C19H26O4/c1-2-3-11-18-19(21)17(20)13-16(23-18)10-7-12-22-14-15-8-5-4-6-9-15/h4-6,8-9,16-21H,7,10-14H2,1H3/t16-,17+,18-,19+/m1/s1. The van der Waals surface area contributed by atoms with Gasteiger partial charge in [-0.15, -0.1) is 11.8 Å². The molecule has 0 spiro atoms. The molecule has 1 aromatic carbocycles. The molecule has 0 bridgehead atoms. The molecule has 126 valence electrons. The molecule has 0 amide bonds. The molecular formula is C19H26O4. The molecule has 0 unspecified atom stereocenters. The lowest BCUT2D eigenvalue weighted by atomic mass is 9.94. The van der Waals surface area contributed by atoms with Gasteiger partial charge in [-0.25, -0.2) is 0 Å². The van der Waals surface area contributed by atoms with Crippen molar-refractivity contribution in [1.29, 1.82) is 0 Å². The van der Waals surface area contributed by atoms with Gasteiger partial charge in [0, 0.05) is 19.4 Å². The minimum atomic E-state index is -0.846. The zero-order valence-electron chi connectivity index (χ0n) is 13.6. The summed E-state index contributed by atoms with van der Waals surface area (Å²) in [6.45, 7) is 3.03. The minimum absolute atomic E-state index is 0.0441. The zero-order chi connectivity index (χ0) is 16.5. The van der Waals surface area contributed by atoms with E-state index in [0.717, 1.165) is 18.4 Å². The fourth-order valence-electron chi connectivity index (χ4n) is 2.77. The predicted octanol–water partition coefficient (Wildman–Crippen LogP) is 2.28. The van der Waals surface area contributed by atoms with Crippen molar-refractivity contribution in [2.75, 3.05) is 6.61 Å². The highest BCUT2D eigenvalue weighted by atomic mass is 16.5. The first-order valence-corrected chi connectivity index (χ1v) is 8.23. The van der Waals surface area contributed by atoms with Crippen molar-refractivity contribution < 1.29 is 19.7 Å². The Kier molecular flexibility index (Phi) is 7.57. The van der Waals surface area contributed by atoms with Crippen molar-refractivity contribution in [3.8, 4) is 11.8 Å². The fourth-order valence-corrected chi connectivity index (χ4v) is 2.77. The van der Waals surface area contributed by atoms with Crippen LogP contribution in [0.2, 0.25) is 0 Å². The first kappa shape index (κ1) is 18.0. The topological polar surface area (TPSA) is 58.9 Å². The van der Waals surface area contributed by atoms with Crippen molar-refractivity contribution in [1.82, 2.24) is 0 Å². The van der Waals surface area contributed by atoms with Gasteiger partial charge in [-0.05, 0) is 25.3 Å². The molecule has 4 nitrogen and oxygen atoms in total. The van der Waals surface area contributed by atoms with Gasteiger partial charge in [0.15, 0.2) is 0 Å². The van der Waals surface area contributed by atoms with E-state index in [1.807, 2.05) is 30.3 Å². The van der Waals surface area contributed by atoms with E-state index in [4.69, 9.17) is 9.47 Å². The maximum Gasteiger partial charge on any atom is 0.107 e. The third-order valence-corrected chi connectivity index (χ3v) is 4.05. The summed E-state index contributed by atoms with van der Waals surface area (Å²) in [6.07, 6.45) is 0.579. The molecule has 4 atom stereocenters. The van der Waals surface area contributed by atoms with Crippen LogP contribution in [-0.2, 0) is 16.1 Å². The van der Waals surface area contributed by atoms with Gasteiger partial charge in [-0.2, -0.15) is 0 Å². The maximum atomic E-state index is 9.96. The molecule has 0 aliphatic carbocycles. The van der Waals surface area contributed by atoms with Gasteiger partial charge in [0.25, 0.3) is 0 Å². The first-order chi connectivity index (χ1) is 11.2. The largest absolute Gasteiger partial charge is 0.390 e. The third kappa shape index (κ3) is 5.96. The molecule has 0 saturated carbocycles. The predicted molar refractivity (Wildman–Crippen MR) is 88.7 cm³/mol. The Morgan fingerprint density at radius 1 is 1.26 bits per heavy atom. The lowest BCUT2D eigenvalue weighted by molar-refractivity contribution is -0.168. The van der Waals surface area contributed by atoms with Crippen molar-refractivity contribution >= 4 is 0 Å². The van der Waals surface area contributed by atoms with Crippen LogP contribution < -0.4 is 0 Å². The van der Waals surface area contributed by atoms with E-state index in [-0.39, 0.29) is 6.10 Å². The number of rotatable bonds is 7. The molecule has 4 heteroatoms. The molecule has 1 aliphatic rings. The maximum absolute atomic E-state index is 9.96. The summed E-state index contributed by atoms with van der Waals surface area (Å²) in [5, 5.41) is 19.9. The van der Waals surface area contributed by atoms with Gasteiger partial charge in [0.2, 0.25) is 0 Å². The van der Waals surface area contributed by atoms with Crippen LogP contribution in [0.1, 0.15) is 38.2 Å². The van der Waals surface area contributed by atoms with Gasteiger partial charge in [-0.3, -0.25) is 0 Å². The second-order valence-electron chi connectivity index (χ2n) is 5.90. The normalized spacial score (nSPS) is 27.3. The Bertz CT molecular complexity index is 505. The van der Waals surface area contributed by atoms with Crippen molar-refractivity contribution in [2.45, 2.75) is 63.6 Å². The monoisotopic (exact) mass is 318 g/mol. The summed E-state index contributed by atoms with van der Waals surface area (Å²) >= 11 is 0. The van der Waals surface area contributed by atoms with E-state index < -0.39 is 18.3 Å². The van der Waals surface area contributed by atoms with Crippen LogP contribution in [0.15, 0.2) is 30.3 Å². The first-order valence-electron chi connectivity index (χ1n) is 8.23. The Labute approximate surface area is 138 Å². The van der Waals surface area contributed by atoms with Gasteiger partial charge in [0.05, 0.1) is 24.9 Å². The van der Waals surface area contributed by atoms with Gasteiger partial charge >= 0.3 is 0 Å². The number of aliphatic hydroxyl groups excluding tert-OH is 2. The van der Waals surface area contributed by atoms with Crippen LogP contribution in [0, 0.1) is 11.8 Å². The number of hydrogen-bond donors (Lipinski definition) is 2. The van der Waals surface area contributed by atoms with Crippen LogP contribution >= 0.6 is 0 Å². The molecule has 2 rings (SSSR count). The molecule has 0 radical (unpaired) electrons. The highest BCUT2D eigenvalue weighted by molar-refractivity contribution is 5.13. The highest BCUT2D eigenvalue weighted by Crippen LogP contribution is 2.25. The smallest absolute Gasteiger partial charge is 0.107 e. The second kappa shape index (κ2) is 9.69. The summed E-state index contributed by atoms with van der Waals surface area (Å²) in [4.78, 5) is 0. The molecule has 1 aromatic rings. The SMILES string of the molecule is CC#CC[C@H]1O[C@H](CCCOCc2ccccc2)C[C@H](O)[C@@H]1O. The van der Waals surface area contributed by atoms with Gasteiger partial charge in [-0.1, -0.05) is 30.3 Å². The number of ether oxygens (including phenoxy) is 2. The minimum Gasteiger partial charge on any atom is -0.390 e. The zero-order valence-corrected chi connectivity index (χ0v) is 13.6. The third-order valence-electron chi connectivity index (χ3n) is 4.05. The molecule has 1 heterocycles. The van der Waals surface area contributed by atoms with Crippen LogP contribution in [0.25, 0.3) is 0 Å². The van der Waals surface area contributed by atoms with E-state index >= 15 is 0 Å². The van der Waals surface area contributed by atoms with Crippen molar-refractivity contribution in [2.24, 2.45) is 0 Å².